The molecule has 208 valence electrons. The molecule has 9 heteroatoms. The quantitative estimate of drug-likeness (QED) is 0.218. The molecule has 0 aliphatic rings. The minimum Gasteiger partial charge on any atom is -0.324 e. The summed E-state index contributed by atoms with van der Waals surface area (Å²) in [5.41, 5.74) is 6.20. The van der Waals surface area contributed by atoms with Crippen LogP contribution in [-0.2, 0) is 6.54 Å². The topological polar surface area (TPSA) is 87.5 Å². The number of aromatic nitrogens is 4. The Labute approximate surface area is 242 Å². The molecule has 0 aliphatic carbocycles. The van der Waals surface area contributed by atoms with Crippen molar-refractivity contribution in [3.8, 4) is 22.6 Å². The van der Waals surface area contributed by atoms with Gasteiger partial charge in [-0.2, -0.15) is 0 Å². The Hall–Kier alpha value is -5.41. The molecule has 0 saturated carbocycles. The summed E-state index contributed by atoms with van der Waals surface area (Å²) in [5.74, 6) is -0.648. The Morgan fingerprint density at radius 1 is 0.881 bits per heavy atom. The van der Waals surface area contributed by atoms with Crippen LogP contribution in [0.2, 0.25) is 0 Å². The van der Waals surface area contributed by atoms with Gasteiger partial charge in [-0.3, -0.25) is 9.20 Å². The minimum atomic E-state index is -0.577. The maximum Gasteiger partial charge on any atom is 0.258 e. The molecule has 0 unspecified atom stereocenters. The fraction of sp³-hybridized carbons (Fsp3) is 0.0909. The SMILES string of the molecule is CN(C)Cc1cccc(Nc2nccc(-c3c(-c4cccc(NC(=O)c5ccccc5F)c4)nc4ccccn34)n2)c1. The van der Waals surface area contributed by atoms with Crippen molar-refractivity contribution in [1.82, 2.24) is 24.3 Å². The number of halogens is 1. The van der Waals surface area contributed by atoms with E-state index in [2.05, 4.69) is 32.7 Å². The molecular weight excluding hydrogens is 529 g/mol. The Balaban J connectivity index is 1.36. The number of nitrogens with zero attached hydrogens (tertiary/aromatic N) is 5. The minimum absolute atomic E-state index is 0.0235. The molecular formula is C33H28FN7O. The first-order valence-corrected chi connectivity index (χ1v) is 13.4. The van der Waals surface area contributed by atoms with Gasteiger partial charge in [0.2, 0.25) is 5.95 Å². The number of rotatable bonds is 8. The smallest absolute Gasteiger partial charge is 0.258 e. The van der Waals surface area contributed by atoms with Crippen LogP contribution in [0.1, 0.15) is 15.9 Å². The lowest BCUT2D eigenvalue weighted by Crippen LogP contribution is -2.13. The van der Waals surface area contributed by atoms with E-state index in [1.165, 1.54) is 17.7 Å². The summed E-state index contributed by atoms with van der Waals surface area (Å²) in [6, 6.07) is 29.0. The van der Waals surface area contributed by atoms with Crippen molar-refractivity contribution in [3.05, 3.63) is 126 Å². The van der Waals surface area contributed by atoms with Crippen molar-refractivity contribution in [1.29, 1.82) is 0 Å². The van der Waals surface area contributed by atoms with Crippen molar-refractivity contribution >= 4 is 28.9 Å². The van der Waals surface area contributed by atoms with Gasteiger partial charge in [-0.25, -0.2) is 19.3 Å². The highest BCUT2D eigenvalue weighted by molar-refractivity contribution is 6.04. The van der Waals surface area contributed by atoms with Crippen LogP contribution >= 0.6 is 0 Å². The third kappa shape index (κ3) is 5.72. The van der Waals surface area contributed by atoms with Crippen LogP contribution in [-0.4, -0.2) is 44.3 Å². The number of carbonyl (C=O) groups excluding carboxylic acids is 1. The van der Waals surface area contributed by atoms with E-state index in [0.29, 0.717) is 23.0 Å². The summed E-state index contributed by atoms with van der Waals surface area (Å²) >= 11 is 0. The molecule has 1 amide bonds. The van der Waals surface area contributed by atoms with Crippen LogP contribution in [0.3, 0.4) is 0 Å². The van der Waals surface area contributed by atoms with E-state index in [1.807, 2.05) is 79.3 Å². The molecule has 0 fully saturated rings. The zero-order valence-electron chi connectivity index (χ0n) is 23.1. The lowest BCUT2D eigenvalue weighted by Gasteiger charge is -2.12. The summed E-state index contributed by atoms with van der Waals surface area (Å²) in [7, 11) is 4.07. The van der Waals surface area contributed by atoms with Crippen LogP contribution < -0.4 is 10.6 Å². The van der Waals surface area contributed by atoms with Gasteiger partial charge in [0.1, 0.15) is 11.5 Å². The summed E-state index contributed by atoms with van der Waals surface area (Å²) in [5, 5.41) is 6.13. The Morgan fingerprint density at radius 2 is 1.69 bits per heavy atom. The molecule has 0 bridgehead atoms. The second-order valence-corrected chi connectivity index (χ2v) is 10.1. The molecule has 2 N–H and O–H groups in total. The van der Waals surface area contributed by atoms with Gasteiger partial charge < -0.3 is 15.5 Å². The monoisotopic (exact) mass is 557 g/mol. The Bertz CT molecular complexity index is 1900. The van der Waals surface area contributed by atoms with E-state index < -0.39 is 11.7 Å². The lowest BCUT2D eigenvalue weighted by molar-refractivity contribution is 0.102. The number of carbonyl (C=O) groups is 1. The van der Waals surface area contributed by atoms with Crippen molar-refractivity contribution in [2.24, 2.45) is 0 Å². The third-order valence-corrected chi connectivity index (χ3v) is 6.62. The van der Waals surface area contributed by atoms with Gasteiger partial charge in [0, 0.05) is 35.9 Å². The molecule has 6 aromatic rings. The van der Waals surface area contributed by atoms with Crippen molar-refractivity contribution in [3.63, 3.8) is 0 Å². The fourth-order valence-electron chi connectivity index (χ4n) is 4.82. The first-order valence-electron chi connectivity index (χ1n) is 13.4. The Morgan fingerprint density at radius 3 is 2.55 bits per heavy atom. The second kappa shape index (κ2) is 11.6. The average Bonchev–Trinajstić information content (AvgIpc) is 3.37. The highest BCUT2D eigenvalue weighted by Crippen LogP contribution is 2.33. The van der Waals surface area contributed by atoms with Gasteiger partial charge in [-0.05, 0) is 74.3 Å². The average molecular weight is 558 g/mol. The van der Waals surface area contributed by atoms with E-state index in [0.717, 1.165) is 29.1 Å². The van der Waals surface area contributed by atoms with Crippen LogP contribution in [0.25, 0.3) is 28.3 Å². The number of anilines is 3. The Kier molecular flexibility index (Phi) is 7.40. The highest BCUT2D eigenvalue weighted by Gasteiger charge is 2.19. The standard InChI is InChI=1S/C33H28FN7O/c1-40(2)21-22-9-7-11-24(19-22)37-33-35-17-16-28(38-33)31-30(39-29-15-5-6-18-41(29)31)23-10-8-12-25(20-23)36-32(42)26-13-3-4-14-27(26)34/h3-20H,21H2,1-2H3,(H,36,42)(H,35,37,38). The number of benzene rings is 3. The van der Waals surface area contributed by atoms with Crippen molar-refractivity contribution in [2.75, 3.05) is 24.7 Å². The predicted octanol–water partition coefficient (Wildman–Crippen LogP) is 6.65. The highest BCUT2D eigenvalue weighted by atomic mass is 19.1. The number of amides is 1. The van der Waals surface area contributed by atoms with E-state index >= 15 is 0 Å². The van der Waals surface area contributed by atoms with E-state index in [-0.39, 0.29) is 5.56 Å². The van der Waals surface area contributed by atoms with E-state index in [9.17, 15) is 9.18 Å². The molecule has 3 heterocycles. The normalized spacial score (nSPS) is 11.1. The lowest BCUT2D eigenvalue weighted by atomic mass is 10.1. The summed E-state index contributed by atoms with van der Waals surface area (Å²) < 4.78 is 16.2. The van der Waals surface area contributed by atoms with E-state index in [1.54, 1.807) is 24.4 Å². The molecule has 6 rings (SSSR count). The van der Waals surface area contributed by atoms with Crippen molar-refractivity contribution < 1.29 is 9.18 Å². The van der Waals surface area contributed by atoms with Gasteiger partial charge in [-0.15, -0.1) is 0 Å². The number of hydrogen-bond acceptors (Lipinski definition) is 6. The van der Waals surface area contributed by atoms with Crippen LogP contribution in [0, 0.1) is 5.82 Å². The number of hydrogen-bond donors (Lipinski definition) is 2. The van der Waals surface area contributed by atoms with Crippen LogP contribution in [0.15, 0.2) is 109 Å². The predicted molar refractivity (Wildman–Crippen MR) is 163 cm³/mol. The maximum atomic E-state index is 14.2. The van der Waals surface area contributed by atoms with Gasteiger partial charge in [0.15, 0.2) is 0 Å². The molecule has 42 heavy (non-hydrogen) atoms. The third-order valence-electron chi connectivity index (χ3n) is 6.62. The van der Waals surface area contributed by atoms with Gasteiger partial charge in [0.25, 0.3) is 5.91 Å². The molecule has 0 radical (unpaired) electrons. The molecule has 0 saturated heterocycles. The molecule has 0 atom stereocenters. The van der Waals surface area contributed by atoms with Crippen LogP contribution in [0.5, 0.6) is 0 Å². The first-order chi connectivity index (χ1) is 20.4. The molecule has 0 aliphatic heterocycles. The van der Waals surface area contributed by atoms with Gasteiger partial charge in [-0.1, -0.05) is 42.5 Å². The summed E-state index contributed by atoms with van der Waals surface area (Å²) in [4.78, 5) is 29.1. The first kappa shape index (κ1) is 26.8. The zero-order valence-corrected chi connectivity index (χ0v) is 23.1. The number of imidazole rings is 1. The largest absolute Gasteiger partial charge is 0.324 e. The number of fused-ring (bicyclic) bond motifs is 1. The fourth-order valence-corrected chi connectivity index (χ4v) is 4.82. The summed E-state index contributed by atoms with van der Waals surface area (Å²) in [6.45, 7) is 0.821. The number of pyridine rings is 1. The summed E-state index contributed by atoms with van der Waals surface area (Å²) in [6.07, 6.45) is 3.65. The van der Waals surface area contributed by atoms with Crippen LogP contribution in [0.4, 0.5) is 21.7 Å². The van der Waals surface area contributed by atoms with Crippen molar-refractivity contribution in [2.45, 2.75) is 6.54 Å². The van der Waals surface area contributed by atoms with Gasteiger partial charge >= 0.3 is 0 Å². The molecule has 3 aromatic heterocycles. The van der Waals surface area contributed by atoms with Gasteiger partial charge in [0.05, 0.1) is 22.6 Å². The zero-order chi connectivity index (χ0) is 29.1. The van der Waals surface area contributed by atoms with E-state index in [4.69, 9.17) is 9.97 Å². The molecule has 8 nitrogen and oxygen atoms in total. The second-order valence-electron chi connectivity index (χ2n) is 10.1. The molecule has 3 aromatic carbocycles. The molecule has 0 spiro atoms. The number of nitrogens with one attached hydrogen (secondary N) is 2. The maximum absolute atomic E-state index is 14.2.